The maximum Gasteiger partial charge on any atom is 0.410 e. The summed E-state index contributed by atoms with van der Waals surface area (Å²) in [5, 5.41) is 9.60. The van der Waals surface area contributed by atoms with E-state index in [1.807, 2.05) is 45.0 Å². The number of nitrogens with zero attached hydrogens (tertiary/aromatic N) is 3. The maximum absolute atomic E-state index is 13.8. The lowest BCUT2D eigenvalue weighted by atomic mass is 10.0. The van der Waals surface area contributed by atoms with Gasteiger partial charge in [0.2, 0.25) is 10.0 Å². The molecule has 0 bridgehead atoms. The summed E-state index contributed by atoms with van der Waals surface area (Å²) in [6, 6.07) is 19.7. The van der Waals surface area contributed by atoms with Crippen LogP contribution in [0.15, 0.2) is 60.7 Å². The number of carbonyl (C=O) groups excluding carboxylic acids is 2. The van der Waals surface area contributed by atoms with E-state index in [1.165, 1.54) is 11.2 Å². The molecule has 234 valence electrons. The van der Waals surface area contributed by atoms with Crippen LogP contribution in [-0.4, -0.2) is 62.0 Å². The maximum atomic E-state index is 13.8. The van der Waals surface area contributed by atoms with E-state index in [0.29, 0.717) is 48.5 Å². The van der Waals surface area contributed by atoms with Gasteiger partial charge in [-0.25, -0.2) is 13.2 Å². The highest BCUT2D eigenvalue weighted by atomic mass is 32.2. The van der Waals surface area contributed by atoms with Crippen molar-refractivity contribution in [3.05, 3.63) is 71.8 Å². The lowest BCUT2D eigenvalue weighted by molar-refractivity contribution is -0.142. The van der Waals surface area contributed by atoms with Crippen LogP contribution < -0.4 is 9.04 Å². The van der Waals surface area contributed by atoms with Gasteiger partial charge in [0.1, 0.15) is 17.5 Å². The molecule has 1 atom stereocenters. The van der Waals surface area contributed by atoms with Crippen LogP contribution in [0.2, 0.25) is 0 Å². The highest BCUT2D eigenvalue weighted by Gasteiger charge is 2.36. The molecule has 0 spiro atoms. The van der Waals surface area contributed by atoms with Gasteiger partial charge in [0.15, 0.2) is 5.25 Å². The second kappa shape index (κ2) is 13.6. The minimum Gasteiger partial charge on any atom is -0.490 e. The summed E-state index contributed by atoms with van der Waals surface area (Å²) >= 11 is 0. The van der Waals surface area contributed by atoms with Crippen LogP contribution >= 0.6 is 0 Å². The fourth-order valence-electron chi connectivity index (χ4n) is 4.90. The Balaban J connectivity index is 1.54. The van der Waals surface area contributed by atoms with Gasteiger partial charge in [0, 0.05) is 25.9 Å². The predicted molar refractivity (Wildman–Crippen MR) is 168 cm³/mol. The molecule has 3 aromatic rings. The molecule has 3 aromatic carbocycles. The van der Waals surface area contributed by atoms with Crippen molar-refractivity contribution in [3.8, 4) is 11.8 Å². The Bertz CT molecular complexity index is 1630. The molecule has 1 aliphatic heterocycles. The largest absolute Gasteiger partial charge is 0.490 e. The van der Waals surface area contributed by atoms with Crippen LogP contribution in [0.5, 0.6) is 5.75 Å². The van der Waals surface area contributed by atoms with Crippen LogP contribution in [0.4, 0.5) is 10.5 Å². The fourth-order valence-corrected chi connectivity index (χ4v) is 6.33. The number of hydrogen-bond acceptors (Lipinski definition) is 8. The van der Waals surface area contributed by atoms with Gasteiger partial charge in [0.05, 0.1) is 30.5 Å². The number of rotatable bonds is 9. The second-order valence-electron chi connectivity index (χ2n) is 11.7. The number of carbonyl (C=O) groups is 2. The Morgan fingerprint density at radius 3 is 2.30 bits per heavy atom. The molecule has 10 nitrogen and oxygen atoms in total. The predicted octanol–water partition coefficient (Wildman–Crippen LogP) is 5.78. The lowest BCUT2D eigenvalue weighted by Crippen LogP contribution is -2.44. The van der Waals surface area contributed by atoms with Gasteiger partial charge in [-0.3, -0.25) is 9.10 Å². The molecule has 1 amide bonds. The molecule has 11 heteroatoms. The van der Waals surface area contributed by atoms with Crippen LogP contribution in [0, 0.1) is 11.3 Å². The van der Waals surface area contributed by atoms with Crippen molar-refractivity contribution in [2.45, 2.75) is 71.0 Å². The molecule has 44 heavy (non-hydrogen) atoms. The highest BCUT2D eigenvalue weighted by Crippen LogP contribution is 2.29. The van der Waals surface area contributed by atoms with Crippen LogP contribution in [0.3, 0.4) is 0 Å². The SMILES string of the molecule is CCOC(=O)C(C)S(=O)(=O)N(Cc1ccc2ccc(C#N)cc2c1)c1ccc(OC2CCN(C(=O)OC(C)(C)C)CC2)cc1. The number of anilines is 1. The Hall–Kier alpha value is -4.30. The average molecular weight is 622 g/mol. The molecule has 1 heterocycles. The van der Waals surface area contributed by atoms with Gasteiger partial charge in [-0.1, -0.05) is 18.2 Å². The van der Waals surface area contributed by atoms with Crippen molar-refractivity contribution in [1.82, 2.24) is 4.90 Å². The fraction of sp³-hybridized carbons (Fsp3) is 0.424. The van der Waals surface area contributed by atoms with Gasteiger partial charge in [-0.15, -0.1) is 0 Å². The van der Waals surface area contributed by atoms with Crippen molar-refractivity contribution in [3.63, 3.8) is 0 Å². The second-order valence-corrected chi connectivity index (χ2v) is 13.9. The summed E-state index contributed by atoms with van der Waals surface area (Å²) < 4.78 is 45.5. The molecule has 1 fully saturated rings. The van der Waals surface area contributed by atoms with Crippen molar-refractivity contribution < 1.29 is 32.2 Å². The monoisotopic (exact) mass is 621 g/mol. The van der Waals surface area contributed by atoms with Gasteiger partial charge in [0.25, 0.3) is 0 Å². The highest BCUT2D eigenvalue weighted by molar-refractivity contribution is 7.94. The summed E-state index contributed by atoms with van der Waals surface area (Å²) in [5.74, 6) is -0.262. The van der Waals surface area contributed by atoms with Gasteiger partial charge in [-0.05, 0) is 93.4 Å². The number of ether oxygens (including phenoxy) is 3. The zero-order valence-electron chi connectivity index (χ0n) is 25.8. The number of esters is 1. The Kier molecular flexibility index (Phi) is 10.0. The number of hydrogen-bond donors (Lipinski definition) is 0. The summed E-state index contributed by atoms with van der Waals surface area (Å²) in [6.45, 7) is 9.49. The molecule has 4 rings (SSSR count). The first-order valence-electron chi connectivity index (χ1n) is 14.7. The standard InChI is InChI=1S/C33H39N3O7S/c1-6-41-31(37)23(2)44(39,40)36(22-25-8-10-26-9-7-24(21-34)19-27(26)20-25)28-11-13-29(14-12-28)42-30-15-17-35(18-16-30)32(38)43-33(3,4)5/h7-14,19-20,23,30H,6,15-18,22H2,1-5H3. The molecule has 0 radical (unpaired) electrons. The van der Waals surface area contributed by atoms with E-state index >= 15 is 0 Å². The number of likely N-dealkylation sites (tertiary alicyclic amines) is 1. The van der Waals surface area contributed by atoms with E-state index in [9.17, 15) is 23.3 Å². The first-order chi connectivity index (χ1) is 20.8. The van der Waals surface area contributed by atoms with E-state index in [1.54, 1.807) is 48.2 Å². The number of amides is 1. The molecule has 1 unspecified atom stereocenters. The normalized spacial score (nSPS) is 14.9. The summed E-state index contributed by atoms with van der Waals surface area (Å²) in [7, 11) is -4.19. The molecule has 0 saturated carbocycles. The zero-order chi connectivity index (χ0) is 32.1. The lowest BCUT2D eigenvalue weighted by Gasteiger charge is -2.33. The summed E-state index contributed by atoms with van der Waals surface area (Å²) in [6.07, 6.45) is 0.817. The molecule has 0 aromatic heterocycles. The summed E-state index contributed by atoms with van der Waals surface area (Å²) in [5.41, 5.74) is 0.987. The minimum absolute atomic E-state index is 0.0396. The van der Waals surface area contributed by atoms with Crippen LogP contribution in [0.25, 0.3) is 10.8 Å². The zero-order valence-corrected chi connectivity index (χ0v) is 26.6. The molecular formula is C33H39N3O7S. The average Bonchev–Trinajstić information content (AvgIpc) is 2.99. The van der Waals surface area contributed by atoms with Crippen molar-refractivity contribution in [2.24, 2.45) is 0 Å². The Morgan fingerprint density at radius 2 is 1.68 bits per heavy atom. The third-order valence-corrected chi connectivity index (χ3v) is 9.29. The smallest absolute Gasteiger partial charge is 0.410 e. The van der Waals surface area contributed by atoms with Gasteiger partial charge in [-0.2, -0.15) is 5.26 Å². The minimum atomic E-state index is -4.19. The topological polar surface area (TPSA) is 126 Å². The van der Waals surface area contributed by atoms with Crippen molar-refractivity contribution in [2.75, 3.05) is 24.0 Å². The number of nitriles is 1. The van der Waals surface area contributed by atoms with E-state index in [2.05, 4.69) is 6.07 Å². The molecule has 0 aliphatic carbocycles. The Morgan fingerprint density at radius 1 is 1.02 bits per heavy atom. The Labute approximate surface area is 259 Å². The first-order valence-corrected chi connectivity index (χ1v) is 16.2. The molecule has 1 aliphatic rings. The number of piperidine rings is 1. The molecular weight excluding hydrogens is 582 g/mol. The molecule has 1 saturated heterocycles. The summed E-state index contributed by atoms with van der Waals surface area (Å²) in [4.78, 5) is 26.6. The van der Waals surface area contributed by atoms with Crippen molar-refractivity contribution >= 4 is 38.5 Å². The van der Waals surface area contributed by atoms with Gasteiger partial charge < -0.3 is 19.1 Å². The first kappa shape index (κ1) is 32.6. The number of fused-ring (bicyclic) bond motifs is 1. The quantitative estimate of drug-likeness (QED) is 0.275. The van der Waals surface area contributed by atoms with Crippen LogP contribution in [0.1, 0.15) is 58.6 Å². The van der Waals surface area contributed by atoms with E-state index in [0.717, 1.165) is 10.8 Å². The third-order valence-electron chi connectivity index (χ3n) is 7.25. The van der Waals surface area contributed by atoms with Crippen molar-refractivity contribution in [1.29, 1.82) is 5.26 Å². The number of benzene rings is 3. The number of sulfonamides is 1. The van der Waals surface area contributed by atoms with E-state index in [4.69, 9.17) is 14.2 Å². The van der Waals surface area contributed by atoms with E-state index in [-0.39, 0.29) is 25.3 Å². The third kappa shape index (κ3) is 7.99. The van der Waals surface area contributed by atoms with E-state index < -0.39 is 26.8 Å². The van der Waals surface area contributed by atoms with Crippen LogP contribution in [-0.2, 0) is 30.8 Å². The van der Waals surface area contributed by atoms with Gasteiger partial charge >= 0.3 is 12.1 Å². The molecule has 0 N–H and O–H groups in total.